The van der Waals surface area contributed by atoms with Crippen LogP contribution in [-0.2, 0) is 6.54 Å². The number of rotatable bonds is 4. The number of anilines is 1. The first-order valence-electron chi connectivity index (χ1n) is 5.04. The van der Waals surface area contributed by atoms with Crippen molar-refractivity contribution in [2.24, 2.45) is 0 Å². The summed E-state index contributed by atoms with van der Waals surface area (Å²) < 4.78 is 3.81. The van der Waals surface area contributed by atoms with Gasteiger partial charge in [-0.15, -0.1) is 27.8 Å². The number of thiophene rings is 2. The van der Waals surface area contributed by atoms with Crippen LogP contribution in [0.4, 0.5) is 5.00 Å². The highest BCUT2D eigenvalue weighted by atomic mass is 32.1. The minimum Gasteiger partial charge on any atom is -0.369 e. The maximum Gasteiger partial charge on any atom is 0.130 e. The molecule has 1 N–H and O–H groups in total. The van der Waals surface area contributed by atoms with E-state index in [4.69, 9.17) is 0 Å². The van der Waals surface area contributed by atoms with Gasteiger partial charge in [0.15, 0.2) is 0 Å². The van der Waals surface area contributed by atoms with E-state index in [0.717, 1.165) is 11.5 Å². The van der Waals surface area contributed by atoms with Crippen LogP contribution < -0.4 is 5.32 Å². The second-order valence-corrected chi connectivity index (χ2v) is 6.14. The SMILES string of the molecule is c1csc(-c2csc(CNc3cnns3)c2)c1. The molecule has 0 saturated heterocycles. The molecule has 3 aromatic heterocycles. The van der Waals surface area contributed by atoms with Gasteiger partial charge in [-0.25, -0.2) is 0 Å². The molecule has 0 aliphatic carbocycles. The molecule has 3 nitrogen and oxygen atoms in total. The zero-order valence-corrected chi connectivity index (χ0v) is 11.2. The number of aromatic nitrogens is 2. The van der Waals surface area contributed by atoms with E-state index < -0.39 is 0 Å². The quantitative estimate of drug-likeness (QED) is 0.786. The Kier molecular flexibility index (Phi) is 3.17. The molecule has 0 fully saturated rings. The molecule has 0 aromatic carbocycles. The summed E-state index contributed by atoms with van der Waals surface area (Å²) in [4.78, 5) is 2.65. The molecule has 0 amide bonds. The highest BCUT2D eigenvalue weighted by molar-refractivity contribution is 7.14. The minimum absolute atomic E-state index is 0.833. The first kappa shape index (κ1) is 10.9. The molecule has 0 unspecified atom stereocenters. The summed E-state index contributed by atoms with van der Waals surface area (Å²) in [5.41, 5.74) is 1.31. The number of nitrogens with zero attached hydrogens (tertiary/aromatic N) is 2. The lowest BCUT2D eigenvalue weighted by atomic mass is 10.2. The van der Waals surface area contributed by atoms with Crippen LogP contribution in [0.25, 0.3) is 10.4 Å². The van der Waals surface area contributed by atoms with Gasteiger partial charge in [-0.2, -0.15) is 0 Å². The van der Waals surface area contributed by atoms with Crippen molar-refractivity contribution in [3.8, 4) is 10.4 Å². The summed E-state index contributed by atoms with van der Waals surface area (Å²) in [5.74, 6) is 0. The molecule has 3 aromatic rings. The van der Waals surface area contributed by atoms with Crippen molar-refractivity contribution < 1.29 is 0 Å². The van der Waals surface area contributed by atoms with Crippen LogP contribution in [0, 0.1) is 0 Å². The standard InChI is InChI=1S/C11H9N3S3/c1-2-10(15-3-1)8-4-9(16-7-8)5-12-11-6-13-14-17-11/h1-4,6-7,12H,5H2. The van der Waals surface area contributed by atoms with E-state index in [9.17, 15) is 0 Å². The lowest BCUT2D eigenvalue weighted by molar-refractivity contribution is 1.15. The lowest BCUT2D eigenvalue weighted by Gasteiger charge is -1.98. The van der Waals surface area contributed by atoms with Gasteiger partial charge in [-0.3, -0.25) is 0 Å². The fourth-order valence-corrected chi connectivity index (χ4v) is 3.49. The Morgan fingerprint density at radius 3 is 3.06 bits per heavy atom. The summed E-state index contributed by atoms with van der Waals surface area (Å²) in [6.45, 7) is 0.833. The maximum atomic E-state index is 3.81. The normalized spacial score (nSPS) is 10.6. The van der Waals surface area contributed by atoms with Gasteiger partial charge >= 0.3 is 0 Å². The largest absolute Gasteiger partial charge is 0.369 e. The van der Waals surface area contributed by atoms with Crippen molar-refractivity contribution >= 4 is 39.2 Å². The van der Waals surface area contributed by atoms with Gasteiger partial charge in [-0.1, -0.05) is 10.6 Å². The van der Waals surface area contributed by atoms with Crippen LogP contribution in [0.2, 0.25) is 0 Å². The Bertz CT molecular complexity index is 569. The topological polar surface area (TPSA) is 37.8 Å². The molecule has 0 saturated carbocycles. The lowest BCUT2D eigenvalue weighted by Crippen LogP contribution is -1.94. The van der Waals surface area contributed by atoms with Crippen molar-refractivity contribution in [3.63, 3.8) is 0 Å². The summed E-state index contributed by atoms with van der Waals surface area (Å²) >= 11 is 4.93. The Hall–Kier alpha value is -1.24. The van der Waals surface area contributed by atoms with Crippen LogP contribution in [0.5, 0.6) is 0 Å². The van der Waals surface area contributed by atoms with Crippen LogP contribution in [0.3, 0.4) is 0 Å². The van der Waals surface area contributed by atoms with Gasteiger partial charge < -0.3 is 5.32 Å². The summed E-state index contributed by atoms with van der Waals surface area (Å²) in [6, 6.07) is 6.47. The van der Waals surface area contributed by atoms with E-state index in [2.05, 4.69) is 43.9 Å². The van der Waals surface area contributed by atoms with Crippen LogP contribution in [0.1, 0.15) is 4.88 Å². The van der Waals surface area contributed by atoms with Gasteiger partial charge in [-0.05, 0) is 22.9 Å². The van der Waals surface area contributed by atoms with Gasteiger partial charge in [0.25, 0.3) is 0 Å². The Labute approximate surface area is 111 Å². The Balaban J connectivity index is 1.69. The predicted molar refractivity (Wildman–Crippen MR) is 74.9 cm³/mol. The highest BCUT2D eigenvalue weighted by Crippen LogP contribution is 2.29. The highest BCUT2D eigenvalue weighted by Gasteiger charge is 2.03. The molecular formula is C11H9N3S3. The molecule has 3 rings (SSSR count). The second kappa shape index (κ2) is 4.95. The summed E-state index contributed by atoms with van der Waals surface area (Å²) in [7, 11) is 0. The fourth-order valence-electron chi connectivity index (χ4n) is 1.46. The third-order valence-electron chi connectivity index (χ3n) is 2.26. The maximum absolute atomic E-state index is 3.81. The monoisotopic (exact) mass is 279 g/mol. The summed E-state index contributed by atoms with van der Waals surface area (Å²) in [6.07, 6.45) is 1.75. The Morgan fingerprint density at radius 1 is 1.29 bits per heavy atom. The van der Waals surface area contributed by atoms with Gasteiger partial charge in [0.1, 0.15) is 5.00 Å². The zero-order valence-electron chi connectivity index (χ0n) is 8.79. The molecule has 0 spiro atoms. The van der Waals surface area contributed by atoms with Crippen molar-refractivity contribution in [2.75, 3.05) is 5.32 Å². The van der Waals surface area contributed by atoms with E-state index in [1.54, 1.807) is 28.9 Å². The molecule has 0 aliphatic heterocycles. The molecule has 0 radical (unpaired) electrons. The first-order valence-corrected chi connectivity index (χ1v) is 7.57. The fraction of sp³-hybridized carbons (Fsp3) is 0.0909. The third-order valence-corrected chi connectivity index (χ3v) is 4.74. The zero-order chi connectivity index (χ0) is 11.5. The van der Waals surface area contributed by atoms with E-state index in [-0.39, 0.29) is 0 Å². The molecule has 3 heterocycles. The molecule has 0 atom stereocenters. The summed E-state index contributed by atoms with van der Waals surface area (Å²) in [5, 5.41) is 12.4. The molecule has 17 heavy (non-hydrogen) atoms. The van der Waals surface area contributed by atoms with E-state index in [1.165, 1.54) is 26.9 Å². The smallest absolute Gasteiger partial charge is 0.130 e. The molecule has 0 bridgehead atoms. The van der Waals surface area contributed by atoms with E-state index in [0.29, 0.717) is 0 Å². The molecule has 6 heteroatoms. The van der Waals surface area contributed by atoms with Crippen molar-refractivity contribution in [1.82, 2.24) is 9.59 Å². The number of nitrogens with one attached hydrogen (secondary N) is 1. The second-order valence-electron chi connectivity index (χ2n) is 3.41. The van der Waals surface area contributed by atoms with Gasteiger partial charge in [0.05, 0.1) is 12.7 Å². The minimum atomic E-state index is 0.833. The number of hydrogen-bond acceptors (Lipinski definition) is 6. The van der Waals surface area contributed by atoms with Crippen LogP contribution in [0.15, 0.2) is 35.2 Å². The predicted octanol–water partition coefficient (Wildman–Crippen LogP) is 3.94. The van der Waals surface area contributed by atoms with Crippen molar-refractivity contribution in [2.45, 2.75) is 6.54 Å². The molecule has 0 aliphatic rings. The average Bonchev–Trinajstić information content (AvgIpc) is 3.09. The first-order chi connectivity index (χ1) is 8.42. The Morgan fingerprint density at radius 2 is 2.29 bits per heavy atom. The third kappa shape index (κ3) is 2.54. The molecular weight excluding hydrogens is 270 g/mol. The van der Waals surface area contributed by atoms with E-state index >= 15 is 0 Å². The number of hydrogen-bond donors (Lipinski definition) is 1. The van der Waals surface area contributed by atoms with E-state index in [1.807, 2.05) is 0 Å². The van der Waals surface area contributed by atoms with Gasteiger partial charge in [0, 0.05) is 26.9 Å². The van der Waals surface area contributed by atoms with Crippen LogP contribution >= 0.6 is 34.2 Å². The average molecular weight is 279 g/mol. The molecule has 86 valence electrons. The van der Waals surface area contributed by atoms with Gasteiger partial charge in [0.2, 0.25) is 0 Å². The van der Waals surface area contributed by atoms with Crippen LogP contribution in [-0.4, -0.2) is 9.59 Å². The van der Waals surface area contributed by atoms with Crippen molar-refractivity contribution in [1.29, 1.82) is 0 Å². The van der Waals surface area contributed by atoms with Crippen molar-refractivity contribution in [3.05, 3.63) is 40.0 Å².